The van der Waals surface area contributed by atoms with Crippen LogP contribution in [0.25, 0.3) is 0 Å². The van der Waals surface area contributed by atoms with Crippen molar-refractivity contribution in [2.75, 3.05) is 19.6 Å². The van der Waals surface area contributed by atoms with Crippen LogP contribution in [0.15, 0.2) is 0 Å². The highest BCUT2D eigenvalue weighted by Gasteiger charge is 2.14. The molecule has 0 fully saturated rings. The Kier molecular flexibility index (Phi) is 5.51. The van der Waals surface area contributed by atoms with E-state index in [4.69, 9.17) is 5.73 Å². The van der Waals surface area contributed by atoms with Gasteiger partial charge in [0.1, 0.15) is 0 Å². The van der Waals surface area contributed by atoms with Crippen molar-refractivity contribution in [3.63, 3.8) is 0 Å². The monoisotopic (exact) mass is 158 g/mol. The Morgan fingerprint density at radius 2 is 2.00 bits per heavy atom. The van der Waals surface area contributed by atoms with Gasteiger partial charge in [-0.3, -0.25) is 0 Å². The van der Waals surface area contributed by atoms with Crippen molar-refractivity contribution in [2.45, 2.75) is 33.6 Å². The smallest absolute Gasteiger partial charge is 0.00747 e. The van der Waals surface area contributed by atoms with Gasteiger partial charge in [-0.25, -0.2) is 0 Å². The molecule has 0 atom stereocenters. The van der Waals surface area contributed by atoms with Crippen LogP contribution in [0.3, 0.4) is 0 Å². The Balaban J connectivity index is 3.38. The van der Waals surface area contributed by atoms with Crippen LogP contribution >= 0.6 is 0 Å². The molecule has 0 saturated heterocycles. The van der Waals surface area contributed by atoms with Gasteiger partial charge in [-0.1, -0.05) is 27.2 Å². The number of rotatable bonds is 6. The molecule has 0 aromatic heterocycles. The fraction of sp³-hybridized carbons (Fsp3) is 1.00. The first-order valence-electron chi connectivity index (χ1n) is 4.53. The summed E-state index contributed by atoms with van der Waals surface area (Å²) in [6, 6.07) is 0. The second-order valence-electron chi connectivity index (χ2n) is 3.88. The number of hydrogen-bond acceptors (Lipinski definition) is 2. The van der Waals surface area contributed by atoms with Crippen LogP contribution in [0.4, 0.5) is 0 Å². The minimum Gasteiger partial charge on any atom is -0.329 e. The van der Waals surface area contributed by atoms with Crippen molar-refractivity contribution in [1.82, 2.24) is 5.32 Å². The second kappa shape index (κ2) is 5.56. The SMILES string of the molecule is CCCC(C)(C)CNCCN. The van der Waals surface area contributed by atoms with E-state index in [9.17, 15) is 0 Å². The summed E-state index contributed by atoms with van der Waals surface area (Å²) in [7, 11) is 0. The van der Waals surface area contributed by atoms with Crippen molar-refractivity contribution in [3.05, 3.63) is 0 Å². The molecule has 3 N–H and O–H groups in total. The van der Waals surface area contributed by atoms with E-state index in [2.05, 4.69) is 26.1 Å². The van der Waals surface area contributed by atoms with E-state index in [0.717, 1.165) is 19.6 Å². The van der Waals surface area contributed by atoms with Crippen LogP contribution in [0.1, 0.15) is 33.6 Å². The summed E-state index contributed by atoms with van der Waals surface area (Å²) in [5, 5.41) is 3.34. The van der Waals surface area contributed by atoms with Gasteiger partial charge in [-0.15, -0.1) is 0 Å². The summed E-state index contributed by atoms with van der Waals surface area (Å²) in [6.45, 7) is 9.57. The third kappa shape index (κ3) is 6.32. The van der Waals surface area contributed by atoms with Crippen LogP contribution in [0.2, 0.25) is 0 Å². The molecule has 0 bridgehead atoms. The Bertz CT molecular complexity index is 89.6. The first kappa shape index (κ1) is 10.9. The summed E-state index contributed by atoms with van der Waals surface area (Å²) in [5.41, 5.74) is 5.80. The Hall–Kier alpha value is -0.0800. The van der Waals surface area contributed by atoms with E-state index >= 15 is 0 Å². The summed E-state index contributed by atoms with van der Waals surface area (Å²) < 4.78 is 0. The molecule has 0 aliphatic carbocycles. The molecule has 0 saturated carbocycles. The Morgan fingerprint density at radius 1 is 1.36 bits per heavy atom. The molecule has 0 heterocycles. The zero-order chi connectivity index (χ0) is 8.74. The van der Waals surface area contributed by atoms with Gasteiger partial charge in [0.15, 0.2) is 0 Å². The minimum absolute atomic E-state index is 0.434. The molecule has 0 aromatic carbocycles. The lowest BCUT2D eigenvalue weighted by molar-refractivity contribution is 0.313. The second-order valence-corrected chi connectivity index (χ2v) is 3.88. The van der Waals surface area contributed by atoms with Gasteiger partial charge in [0.05, 0.1) is 0 Å². The average Bonchev–Trinajstić information content (AvgIpc) is 1.87. The van der Waals surface area contributed by atoms with Crippen molar-refractivity contribution in [2.24, 2.45) is 11.1 Å². The van der Waals surface area contributed by atoms with Gasteiger partial charge >= 0.3 is 0 Å². The van der Waals surface area contributed by atoms with E-state index in [1.54, 1.807) is 0 Å². The fourth-order valence-electron chi connectivity index (χ4n) is 1.29. The molecule has 0 unspecified atom stereocenters. The van der Waals surface area contributed by atoms with Crippen molar-refractivity contribution in [3.8, 4) is 0 Å². The highest BCUT2D eigenvalue weighted by molar-refractivity contribution is 4.70. The van der Waals surface area contributed by atoms with E-state index in [0.29, 0.717) is 5.41 Å². The predicted octanol–water partition coefficient (Wildman–Crippen LogP) is 1.36. The molecule has 0 amide bonds. The maximum absolute atomic E-state index is 5.37. The fourth-order valence-corrected chi connectivity index (χ4v) is 1.29. The van der Waals surface area contributed by atoms with Crippen LogP contribution < -0.4 is 11.1 Å². The molecule has 0 aliphatic rings. The zero-order valence-electron chi connectivity index (χ0n) is 8.11. The summed E-state index contributed by atoms with van der Waals surface area (Å²) in [5.74, 6) is 0. The summed E-state index contributed by atoms with van der Waals surface area (Å²) >= 11 is 0. The van der Waals surface area contributed by atoms with Crippen LogP contribution in [-0.2, 0) is 0 Å². The molecule has 0 rings (SSSR count). The van der Waals surface area contributed by atoms with Gasteiger partial charge in [0, 0.05) is 19.6 Å². The average molecular weight is 158 g/mol. The highest BCUT2D eigenvalue weighted by Crippen LogP contribution is 2.20. The zero-order valence-corrected chi connectivity index (χ0v) is 8.11. The Labute approximate surface area is 70.5 Å². The number of hydrogen-bond donors (Lipinski definition) is 2. The van der Waals surface area contributed by atoms with Gasteiger partial charge in [0.2, 0.25) is 0 Å². The maximum Gasteiger partial charge on any atom is 0.00747 e. The first-order chi connectivity index (χ1) is 5.12. The van der Waals surface area contributed by atoms with Crippen LogP contribution in [0.5, 0.6) is 0 Å². The van der Waals surface area contributed by atoms with E-state index in [1.807, 2.05) is 0 Å². The molecule has 68 valence electrons. The minimum atomic E-state index is 0.434. The quantitative estimate of drug-likeness (QED) is 0.573. The maximum atomic E-state index is 5.37. The van der Waals surface area contributed by atoms with Crippen LogP contribution in [0, 0.1) is 5.41 Å². The molecule has 0 radical (unpaired) electrons. The number of nitrogens with one attached hydrogen (secondary N) is 1. The van der Waals surface area contributed by atoms with Crippen molar-refractivity contribution < 1.29 is 0 Å². The molecular formula is C9H22N2. The topological polar surface area (TPSA) is 38.0 Å². The van der Waals surface area contributed by atoms with Crippen molar-refractivity contribution in [1.29, 1.82) is 0 Å². The largest absolute Gasteiger partial charge is 0.329 e. The molecule has 2 nitrogen and oxygen atoms in total. The molecule has 0 aliphatic heterocycles. The molecule has 11 heavy (non-hydrogen) atoms. The van der Waals surface area contributed by atoms with E-state index in [1.165, 1.54) is 12.8 Å². The molecule has 2 heteroatoms. The normalized spacial score (nSPS) is 12.0. The standard InChI is InChI=1S/C9H22N2/c1-4-5-9(2,3)8-11-7-6-10/h11H,4-8,10H2,1-3H3. The molecule has 0 spiro atoms. The van der Waals surface area contributed by atoms with E-state index in [-0.39, 0.29) is 0 Å². The third-order valence-electron chi connectivity index (χ3n) is 1.85. The van der Waals surface area contributed by atoms with Crippen molar-refractivity contribution >= 4 is 0 Å². The lowest BCUT2D eigenvalue weighted by Gasteiger charge is -2.24. The summed E-state index contributed by atoms with van der Waals surface area (Å²) in [4.78, 5) is 0. The third-order valence-corrected chi connectivity index (χ3v) is 1.85. The summed E-state index contributed by atoms with van der Waals surface area (Å²) in [6.07, 6.45) is 2.54. The lowest BCUT2D eigenvalue weighted by atomic mass is 9.88. The Morgan fingerprint density at radius 3 is 2.45 bits per heavy atom. The lowest BCUT2D eigenvalue weighted by Crippen LogP contribution is -2.32. The van der Waals surface area contributed by atoms with Gasteiger partial charge < -0.3 is 11.1 Å². The van der Waals surface area contributed by atoms with Gasteiger partial charge in [-0.05, 0) is 11.8 Å². The molecular weight excluding hydrogens is 136 g/mol. The highest BCUT2D eigenvalue weighted by atomic mass is 14.9. The van der Waals surface area contributed by atoms with Gasteiger partial charge in [0.25, 0.3) is 0 Å². The van der Waals surface area contributed by atoms with E-state index < -0.39 is 0 Å². The van der Waals surface area contributed by atoms with Gasteiger partial charge in [-0.2, -0.15) is 0 Å². The first-order valence-corrected chi connectivity index (χ1v) is 4.53. The number of nitrogens with two attached hydrogens (primary N) is 1. The molecule has 0 aromatic rings. The van der Waals surface area contributed by atoms with Crippen LogP contribution in [-0.4, -0.2) is 19.6 Å². The predicted molar refractivity (Wildman–Crippen MR) is 50.6 cm³/mol.